The van der Waals surface area contributed by atoms with Gasteiger partial charge in [0.2, 0.25) is 5.78 Å². The van der Waals surface area contributed by atoms with Crippen LogP contribution < -0.4 is 5.56 Å². The summed E-state index contributed by atoms with van der Waals surface area (Å²) in [5, 5.41) is 0.798. The van der Waals surface area contributed by atoms with Gasteiger partial charge in [0.15, 0.2) is 0 Å². The van der Waals surface area contributed by atoms with Crippen molar-refractivity contribution in [3.8, 4) is 0 Å². The molecule has 0 aromatic carbocycles. The van der Waals surface area contributed by atoms with E-state index in [9.17, 15) is 4.79 Å². The molecule has 5 heteroatoms. The minimum Gasteiger partial charge on any atom is -0.314 e. The summed E-state index contributed by atoms with van der Waals surface area (Å²) in [6.07, 6.45) is 16.7. The van der Waals surface area contributed by atoms with Crippen LogP contribution in [0.15, 0.2) is 58.2 Å². The van der Waals surface area contributed by atoms with Gasteiger partial charge in [0.05, 0.1) is 0 Å². The van der Waals surface area contributed by atoms with E-state index in [1.165, 1.54) is 17.3 Å². The summed E-state index contributed by atoms with van der Waals surface area (Å²) >= 11 is 6.03. The van der Waals surface area contributed by atoms with E-state index < -0.39 is 0 Å². The van der Waals surface area contributed by atoms with E-state index in [0.29, 0.717) is 0 Å². The molecule has 0 atom stereocenters. The van der Waals surface area contributed by atoms with Crippen LogP contribution >= 0.6 is 11.6 Å². The summed E-state index contributed by atoms with van der Waals surface area (Å²) in [4.78, 5) is 16.4. The summed E-state index contributed by atoms with van der Waals surface area (Å²) < 4.78 is 3.83. The van der Waals surface area contributed by atoms with Crippen LogP contribution in [0.25, 0.3) is 5.78 Å². The fourth-order valence-electron chi connectivity index (χ4n) is 3.05. The van der Waals surface area contributed by atoms with Crippen molar-refractivity contribution in [3.05, 3.63) is 69.4 Å². The highest BCUT2D eigenvalue weighted by Crippen LogP contribution is 2.18. The van der Waals surface area contributed by atoms with Gasteiger partial charge in [-0.25, -0.2) is 4.98 Å². The molecule has 3 rings (SSSR count). The molecule has 1 aliphatic carbocycles. The number of allylic oxidation sites excluding steroid dienone is 6. The Balaban J connectivity index is 1.76. The zero-order chi connectivity index (χ0) is 16.9. The summed E-state index contributed by atoms with van der Waals surface area (Å²) in [7, 11) is 0. The molecule has 2 aromatic rings. The van der Waals surface area contributed by atoms with Crippen LogP contribution in [0.1, 0.15) is 38.3 Å². The number of imidazole rings is 1. The highest BCUT2D eigenvalue weighted by Gasteiger charge is 2.10. The average Bonchev–Trinajstić information content (AvgIpc) is 2.78. The fourth-order valence-corrected chi connectivity index (χ4v) is 3.20. The zero-order valence-corrected chi connectivity index (χ0v) is 14.7. The number of hydrogen-bond donors (Lipinski definition) is 0. The molecule has 126 valence electrons. The molecular formula is C19H22ClN3O. The quantitative estimate of drug-likeness (QED) is 0.787. The molecule has 0 saturated heterocycles. The Bertz CT molecular complexity index is 870. The maximum Gasteiger partial charge on any atom is 0.259 e. The van der Waals surface area contributed by atoms with Crippen LogP contribution in [0.4, 0.5) is 0 Å². The van der Waals surface area contributed by atoms with Crippen molar-refractivity contribution in [3.63, 3.8) is 0 Å². The Labute approximate surface area is 146 Å². The zero-order valence-electron chi connectivity index (χ0n) is 13.9. The normalized spacial score (nSPS) is 14.6. The molecule has 0 fully saturated rings. The minimum absolute atomic E-state index is 0.0220. The van der Waals surface area contributed by atoms with Gasteiger partial charge in [0, 0.05) is 35.7 Å². The highest BCUT2D eigenvalue weighted by molar-refractivity contribution is 6.31. The van der Waals surface area contributed by atoms with Gasteiger partial charge in [-0.2, -0.15) is 0 Å². The number of aromatic nitrogens is 3. The Kier molecular flexibility index (Phi) is 5.36. The first-order valence-electron chi connectivity index (χ1n) is 8.47. The van der Waals surface area contributed by atoms with E-state index in [-0.39, 0.29) is 5.56 Å². The van der Waals surface area contributed by atoms with Crippen molar-refractivity contribution in [2.75, 3.05) is 0 Å². The summed E-state index contributed by atoms with van der Waals surface area (Å²) in [5.74, 6) is 0.737. The molecule has 0 spiro atoms. The van der Waals surface area contributed by atoms with E-state index in [2.05, 4.69) is 28.6 Å². The lowest BCUT2D eigenvalue weighted by molar-refractivity contribution is 0.624. The standard InChI is InChI=1S/C19H22ClN3O/c1-2-5-17-14-23-18(24)11-12-21-19(23)22(17)13-4-7-15-6-3-8-16(20)10-9-15/h6,8-12,14H,2-5,7,13H2,1H3. The number of halogens is 1. The second-order valence-corrected chi connectivity index (χ2v) is 6.45. The second kappa shape index (κ2) is 7.67. The van der Waals surface area contributed by atoms with Crippen molar-refractivity contribution in [2.45, 2.75) is 45.6 Å². The van der Waals surface area contributed by atoms with E-state index in [1.807, 2.05) is 18.3 Å². The number of fused-ring (bicyclic) bond motifs is 1. The van der Waals surface area contributed by atoms with E-state index >= 15 is 0 Å². The predicted octanol–water partition coefficient (Wildman–Crippen LogP) is 4.24. The largest absolute Gasteiger partial charge is 0.314 e. The lowest BCUT2D eigenvalue weighted by atomic mass is 10.1. The predicted molar refractivity (Wildman–Crippen MR) is 98.5 cm³/mol. The average molecular weight is 344 g/mol. The van der Waals surface area contributed by atoms with E-state index in [0.717, 1.165) is 49.5 Å². The third-order valence-corrected chi connectivity index (χ3v) is 4.51. The Morgan fingerprint density at radius 2 is 2.12 bits per heavy atom. The molecule has 0 N–H and O–H groups in total. The molecule has 0 aliphatic heterocycles. The van der Waals surface area contributed by atoms with Crippen molar-refractivity contribution < 1.29 is 0 Å². The monoisotopic (exact) mass is 343 g/mol. The van der Waals surface area contributed by atoms with Crippen LogP contribution in [-0.2, 0) is 13.0 Å². The van der Waals surface area contributed by atoms with Crippen LogP contribution in [0.5, 0.6) is 0 Å². The summed E-state index contributed by atoms with van der Waals surface area (Å²) in [6, 6.07) is 1.50. The first-order valence-corrected chi connectivity index (χ1v) is 8.85. The van der Waals surface area contributed by atoms with E-state index in [1.54, 1.807) is 10.6 Å². The van der Waals surface area contributed by atoms with Gasteiger partial charge in [-0.1, -0.05) is 48.7 Å². The first-order chi connectivity index (χ1) is 11.7. The van der Waals surface area contributed by atoms with Crippen molar-refractivity contribution >= 4 is 17.4 Å². The SMILES string of the molecule is CCCc1cn2c(=O)ccnc2n1CCCC1=CCC=C(Cl)C=C1. The van der Waals surface area contributed by atoms with Crippen molar-refractivity contribution in [2.24, 2.45) is 0 Å². The second-order valence-electron chi connectivity index (χ2n) is 6.02. The van der Waals surface area contributed by atoms with Gasteiger partial charge in [-0.05, 0) is 31.8 Å². The van der Waals surface area contributed by atoms with Gasteiger partial charge in [0.1, 0.15) is 0 Å². The Morgan fingerprint density at radius 3 is 2.96 bits per heavy atom. The molecule has 0 bridgehead atoms. The molecule has 2 heterocycles. The van der Waals surface area contributed by atoms with Gasteiger partial charge >= 0.3 is 0 Å². The third-order valence-electron chi connectivity index (χ3n) is 4.23. The first kappa shape index (κ1) is 16.8. The molecule has 0 unspecified atom stereocenters. The lowest BCUT2D eigenvalue weighted by Gasteiger charge is -2.09. The van der Waals surface area contributed by atoms with Gasteiger partial charge in [0.25, 0.3) is 5.56 Å². The van der Waals surface area contributed by atoms with Crippen LogP contribution in [0.2, 0.25) is 0 Å². The Hall–Kier alpha value is -2.07. The third kappa shape index (κ3) is 3.70. The van der Waals surface area contributed by atoms with Gasteiger partial charge in [-0.15, -0.1) is 0 Å². The highest BCUT2D eigenvalue weighted by atomic mass is 35.5. The molecule has 4 nitrogen and oxygen atoms in total. The molecule has 2 aromatic heterocycles. The van der Waals surface area contributed by atoms with Gasteiger partial charge < -0.3 is 4.57 Å². The Morgan fingerprint density at radius 1 is 1.25 bits per heavy atom. The fraction of sp³-hybridized carbons (Fsp3) is 0.368. The number of nitrogens with zero attached hydrogens (tertiary/aromatic N) is 3. The lowest BCUT2D eigenvalue weighted by Crippen LogP contribution is -2.12. The van der Waals surface area contributed by atoms with Crippen molar-refractivity contribution in [1.29, 1.82) is 0 Å². The van der Waals surface area contributed by atoms with Gasteiger partial charge in [-0.3, -0.25) is 9.20 Å². The van der Waals surface area contributed by atoms with E-state index in [4.69, 9.17) is 11.6 Å². The topological polar surface area (TPSA) is 39.3 Å². The number of aryl methyl sites for hydroxylation is 2. The molecule has 0 saturated carbocycles. The number of rotatable bonds is 6. The maximum absolute atomic E-state index is 12.0. The number of hydrogen-bond acceptors (Lipinski definition) is 2. The maximum atomic E-state index is 12.0. The summed E-state index contributed by atoms with van der Waals surface area (Å²) in [6.45, 7) is 3.00. The van der Waals surface area contributed by atoms with Crippen LogP contribution in [0, 0.1) is 0 Å². The van der Waals surface area contributed by atoms with Crippen molar-refractivity contribution in [1.82, 2.24) is 14.0 Å². The van der Waals surface area contributed by atoms with Crippen LogP contribution in [0.3, 0.4) is 0 Å². The molecule has 24 heavy (non-hydrogen) atoms. The smallest absolute Gasteiger partial charge is 0.259 e. The molecule has 0 amide bonds. The molecule has 0 radical (unpaired) electrons. The van der Waals surface area contributed by atoms with Crippen LogP contribution in [-0.4, -0.2) is 14.0 Å². The molecular weight excluding hydrogens is 322 g/mol. The molecule has 1 aliphatic rings. The minimum atomic E-state index is -0.0220. The summed E-state index contributed by atoms with van der Waals surface area (Å²) in [5.41, 5.74) is 2.45.